The van der Waals surface area contributed by atoms with Gasteiger partial charge in [0.1, 0.15) is 0 Å². The van der Waals surface area contributed by atoms with Gasteiger partial charge in [-0.15, -0.1) is 0 Å². The summed E-state index contributed by atoms with van der Waals surface area (Å²) in [5.74, 6) is 1.56. The molecule has 0 saturated carbocycles. The number of nitrogens with one attached hydrogen (secondary N) is 2. The zero-order chi connectivity index (χ0) is 20.1. The molecule has 2 aromatic carbocycles. The van der Waals surface area contributed by atoms with Gasteiger partial charge in [-0.1, -0.05) is 22.0 Å². The molecule has 0 aromatic heterocycles. The first-order valence-corrected chi connectivity index (χ1v) is 10.7. The van der Waals surface area contributed by atoms with Crippen LogP contribution in [-0.2, 0) is 16.6 Å². The summed E-state index contributed by atoms with van der Waals surface area (Å²) in [4.78, 5) is 6.49. The van der Waals surface area contributed by atoms with E-state index in [1.807, 2.05) is 23.1 Å². The highest BCUT2D eigenvalue weighted by Crippen LogP contribution is 2.28. The van der Waals surface area contributed by atoms with E-state index in [0.717, 1.165) is 10.0 Å². The molecule has 3 rings (SSSR count). The maximum Gasteiger partial charge on any atom is 0.264 e. The highest BCUT2D eigenvalue weighted by atomic mass is 79.9. The van der Waals surface area contributed by atoms with Crippen molar-refractivity contribution in [3.8, 4) is 11.5 Å². The number of rotatable bonds is 6. The molecule has 150 valence electrons. The first kappa shape index (κ1) is 20.4. The zero-order valence-electron chi connectivity index (χ0n) is 15.5. The number of hydrogen-bond donors (Lipinski definition) is 2. The van der Waals surface area contributed by atoms with Gasteiger partial charge in [0.25, 0.3) is 10.0 Å². The van der Waals surface area contributed by atoms with Crippen LogP contribution in [0.1, 0.15) is 5.56 Å². The molecule has 0 spiro atoms. The molecule has 0 radical (unpaired) electrons. The van der Waals surface area contributed by atoms with E-state index >= 15 is 0 Å². The SMILES string of the molecule is COc1ccc(CN2CN=C(NS(=O)(=O)c3ccc(Br)cc3)NC2)cc1OC. The third kappa shape index (κ3) is 4.94. The Bertz CT molecular complexity index is 964. The molecule has 0 atom stereocenters. The van der Waals surface area contributed by atoms with Gasteiger partial charge >= 0.3 is 0 Å². The van der Waals surface area contributed by atoms with Crippen LogP contribution in [0.25, 0.3) is 0 Å². The molecule has 1 aliphatic rings. The van der Waals surface area contributed by atoms with Crippen molar-refractivity contribution in [3.05, 3.63) is 52.5 Å². The van der Waals surface area contributed by atoms with Crippen molar-refractivity contribution in [3.63, 3.8) is 0 Å². The fraction of sp³-hybridized carbons (Fsp3) is 0.278. The summed E-state index contributed by atoms with van der Waals surface area (Å²) in [6.07, 6.45) is 0. The van der Waals surface area contributed by atoms with Crippen LogP contribution in [0, 0.1) is 0 Å². The molecule has 0 unspecified atom stereocenters. The van der Waals surface area contributed by atoms with Crippen LogP contribution in [0.2, 0.25) is 0 Å². The lowest BCUT2D eigenvalue weighted by molar-refractivity contribution is 0.254. The van der Waals surface area contributed by atoms with Gasteiger partial charge < -0.3 is 14.8 Å². The van der Waals surface area contributed by atoms with Crippen LogP contribution >= 0.6 is 15.9 Å². The maximum atomic E-state index is 12.4. The van der Waals surface area contributed by atoms with Crippen LogP contribution in [0.3, 0.4) is 0 Å². The average molecular weight is 469 g/mol. The average Bonchev–Trinajstić information content (AvgIpc) is 2.69. The normalized spacial score (nSPS) is 14.8. The summed E-state index contributed by atoms with van der Waals surface area (Å²) in [6, 6.07) is 12.1. The van der Waals surface area contributed by atoms with Gasteiger partial charge in [0.05, 0.1) is 32.5 Å². The van der Waals surface area contributed by atoms with E-state index in [-0.39, 0.29) is 10.9 Å². The number of ether oxygens (including phenoxy) is 2. The minimum absolute atomic E-state index is 0.174. The molecule has 8 nitrogen and oxygen atoms in total. The molecule has 0 amide bonds. The predicted molar refractivity (Wildman–Crippen MR) is 110 cm³/mol. The van der Waals surface area contributed by atoms with E-state index in [1.165, 1.54) is 12.1 Å². The Morgan fingerprint density at radius 2 is 1.86 bits per heavy atom. The van der Waals surface area contributed by atoms with Crippen molar-refractivity contribution in [1.82, 2.24) is 14.9 Å². The van der Waals surface area contributed by atoms with Crippen molar-refractivity contribution in [2.24, 2.45) is 4.99 Å². The molecule has 1 aliphatic heterocycles. The smallest absolute Gasteiger partial charge is 0.264 e. The van der Waals surface area contributed by atoms with E-state index in [9.17, 15) is 8.42 Å². The third-order valence-corrected chi connectivity index (χ3v) is 5.99. The lowest BCUT2D eigenvalue weighted by Crippen LogP contribution is -2.49. The van der Waals surface area contributed by atoms with E-state index in [0.29, 0.717) is 31.4 Å². The minimum Gasteiger partial charge on any atom is -0.493 e. The van der Waals surface area contributed by atoms with E-state index in [2.05, 4.69) is 31.0 Å². The highest BCUT2D eigenvalue weighted by Gasteiger charge is 2.19. The lowest BCUT2D eigenvalue weighted by atomic mass is 10.2. The second-order valence-electron chi connectivity index (χ2n) is 6.06. The molecule has 0 saturated heterocycles. The van der Waals surface area contributed by atoms with Crippen LogP contribution < -0.4 is 19.5 Å². The lowest BCUT2D eigenvalue weighted by Gasteiger charge is -2.27. The number of sulfonamides is 1. The Morgan fingerprint density at radius 3 is 2.46 bits per heavy atom. The van der Waals surface area contributed by atoms with Crippen molar-refractivity contribution >= 4 is 31.9 Å². The minimum atomic E-state index is -3.68. The molecular formula is C18H21BrN4O4S. The first-order chi connectivity index (χ1) is 13.4. The molecule has 2 aromatic rings. The summed E-state index contributed by atoms with van der Waals surface area (Å²) in [7, 11) is -0.492. The van der Waals surface area contributed by atoms with Crippen LogP contribution in [0.4, 0.5) is 0 Å². The Morgan fingerprint density at radius 1 is 1.14 bits per heavy atom. The Hall–Kier alpha value is -2.30. The predicted octanol–water partition coefficient (Wildman–Crippen LogP) is 2.12. The highest BCUT2D eigenvalue weighted by molar-refractivity contribution is 9.10. The Kier molecular flexibility index (Phi) is 6.42. The largest absolute Gasteiger partial charge is 0.493 e. The second-order valence-corrected chi connectivity index (χ2v) is 8.66. The standard InChI is InChI=1S/C18H21BrN4O4S/c1-26-16-8-3-13(9-17(16)27-2)10-23-11-20-18(21-12-23)22-28(24,25)15-6-4-14(19)5-7-15/h3-9H,10-12H2,1-2H3,(H2,20,21,22). The quantitative estimate of drug-likeness (QED) is 0.674. The fourth-order valence-electron chi connectivity index (χ4n) is 2.67. The van der Waals surface area contributed by atoms with E-state index in [4.69, 9.17) is 9.47 Å². The van der Waals surface area contributed by atoms with Crippen LogP contribution in [0.5, 0.6) is 11.5 Å². The maximum absolute atomic E-state index is 12.4. The van der Waals surface area contributed by atoms with Crippen molar-refractivity contribution < 1.29 is 17.9 Å². The van der Waals surface area contributed by atoms with Gasteiger partial charge in [-0.05, 0) is 42.0 Å². The first-order valence-electron chi connectivity index (χ1n) is 8.41. The molecule has 0 aliphatic carbocycles. The molecule has 0 bridgehead atoms. The van der Waals surface area contributed by atoms with E-state index in [1.54, 1.807) is 26.4 Å². The molecule has 10 heteroatoms. The van der Waals surface area contributed by atoms with Gasteiger partial charge in [0.15, 0.2) is 11.5 Å². The monoisotopic (exact) mass is 468 g/mol. The Balaban J connectivity index is 1.62. The van der Waals surface area contributed by atoms with Crippen molar-refractivity contribution in [1.29, 1.82) is 0 Å². The van der Waals surface area contributed by atoms with Gasteiger partial charge in [-0.3, -0.25) is 4.90 Å². The number of hydrogen-bond acceptors (Lipinski definition) is 7. The summed E-state index contributed by atoms with van der Waals surface area (Å²) in [5, 5.41) is 3.00. The van der Waals surface area contributed by atoms with Crippen LogP contribution in [-0.4, -0.2) is 46.8 Å². The van der Waals surface area contributed by atoms with Crippen molar-refractivity contribution in [2.75, 3.05) is 27.6 Å². The van der Waals surface area contributed by atoms with Gasteiger partial charge in [-0.25, -0.2) is 18.1 Å². The topological polar surface area (TPSA) is 92.3 Å². The summed E-state index contributed by atoms with van der Waals surface area (Å²) >= 11 is 3.29. The molecule has 28 heavy (non-hydrogen) atoms. The molecule has 2 N–H and O–H groups in total. The molecular weight excluding hydrogens is 448 g/mol. The van der Waals surface area contributed by atoms with E-state index < -0.39 is 10.0 Å². The van der Waals surface area contributed by atoms with Crippen molar-refractivity contribution in [2.45, 2.75) is 11.4 Å². The van der Waals surface area contributed by atoms with Gasteiger partial charge in [0, 0.05) is 11.0 Å². The number of benzene rings is 2. The van der Waals surface area contributed by atoms with Gasteiger partial charge in [0.2, 0.25) is 5.96 Å². The van der Waals surface area contributed by atoms with Gasteiger partial charge in [-0.2, -0.15) is 0 Å². The summed E-state index contributed by atoms with van der Waals surface area (Å²) < 4.78 is 38.7. The second kappa shape index (κ2) is 8.80. The number of guanidine groups is 1. The molecule has 1 heterocycles. The summed E-state index contributed by atoms with van der Waals surface area (Å²) in [5.41, 5.74) is 1.04. The number of nitrogens with zero attached hydrogens (tertiary/aromatic N) is 2. The Labute approximate surface area is 172 Å². The number of aliphatic imine (C=N–C) groups is 1. The fourth-order valence-corrected chi connectivity index (χ4v) is 3.94. The van der Waals surface area contributed by atoms with Crippen LogP contribution in [0.15, 0.2) is 56.8 Å². The summed E-state index contributed by atoms with van der Waals surface area (Å²) in [6.45, 7) is 1.44. The zero-order valence-corrected chi connectivity index (χ0v) is 17.9. The molecule has 0 fully saturated rings. The third-order valence-electron chi connectivity index (χ3n) is 4.11. The number of halogens is 1. The number of methoxy groups -OCH3 is 2.